The Bertz CT molecular complexity index is 754. The molecule has 8 nitrogen and oxygen atoms in total. The van der Waals surface area contributed by atoms with Crippen molar-refractivity contribution >= 4 is 5.96 Å². The number of guanidine groups is 1. The first-order valence-electron chi connectivity index (χ1n) is 9.31. The number of ether oxygens (including phenoxy) is 1. The Balaban J connectivity index is 1.64. The molecule has 1 fully saturated rings. The van der Waals surface area contributed by atoms with E-state index in [9.17, 15) is 0 Å². The average molecular weight is 372 g/mol. The van der Waals surface area contributed by atoms with Gasteiger partial charge in [0.1, 0.15) is 5.75 Å². The Kier molecular flexibility index (Phi) is 6.64. The maximum Gasteiger partial charge on any atom is 0.223 e. The fourth-order valence-electron chi connectivity index (χ4n) is 3.35. The zero-order valence-corrected chi connectivity index (χ0v) is 16.2. The van der Waals surface area contributed by atoms with E-state index in [1.54, 1.807) is 21.1 Å². The summed E-state index contributed by atoms with van der Waals surface area (Å²) in [5.74, 6) is 2.76. The van der Waals surface area contributed by atoms with Crippen molar-refractivity contribution in [1.82, 2.24) is 25.7 Å². The molecule has 0 amide bonds. The molecule has 0 bridgehead atoms. The Labute approximate surface area is 160 Å². The number of hydrogen-bond donors (Lipinski definition) is 2. The predicted molar refractivity (Wildman–Crippen MR) is 104 cm³/mol. The summed E-state index contributed by atoms with van der Waals surface area (Å²) < 4.78 is 10.4. The summed E-state index contributed by atoms with van der Waals surface area (Å²) >= 11 is 0. The lowest BCUT2D eigenvalue weighted by atomic mass is 10.1. The molecule has 3 rings (SSSR count). The van der Waals surface area contributed by atoms with Crippen LogP contribution in [0.25, 0.3) is 0 Å². The summed E-state index contributed by atoms with van der Waals surface area (Å²) in [5.41, 5.74) is 1.24. The largest absolute Gasteiger partial charge is 0.497 e. The van der Waals surface area contributed by atoms with Crippen molar-refractivity contribution in [2.75, 3.05) is 33.8 Å². The molecule has 27 heavy (non-hydrogen) atoms. The summed E-state index contributed by atoms with van der Waals surface area (Å²) in [5, 5.41) is 10.6. The number of aromatic nitrogens is 2. The van der Waals surface area contributed by atoms with Gasteiger partial charge in [-0.3, -0.25) is 9.89 Å². The number of nitrogens with one attached hydrogen (secondary N) is 2. The number of aryl methyl sites for hydroxylation is 1. The molecule has 0 radical (unpaired) electrons. The molecular formula is C19H28N6O2. The number of benzene rings is 1. The highest BCUT2D eigenvalue weighted by Gasteiger charge is 2.24. The van der Waals surface area contributed by atoms with Crippen LogP contribution in [0.15, 0.2) is 33.8 Å². The van der Waals surface area contributed by atoms with Gasteiger partial charge in [-0.25, -0.2) is 0 Å². The number of likely N-dealkylation sites (tertiary alicyclic amines) is 1. The zero-order chi connectivity index (χ0) is 19.1. The molecule has 146 valence electrons. The van der Waals surface area contributed by atoms with Gasteiger partial charge >= 0.3 is 0 Å². The van der Waals surface area contributed by atoms with Crippen LogP contribution in [0.1, 0.15) is 36.2 Å². The van der Waals surface area contributed by atoms with Crippen LogP contribution in [0.5, 0.6) is 5.75 Å². The SMILES string of the molecule is CN=C(NCc1noc(C)n1)NCC(c1cccc(OC)c1)N1CCCC1. The first kappa shape index (κ1) is 19.2. The van der Waals surface area contributed by atoms with Gasteiger partial charge < -0.3 is 19.9 Å². The average Bonchev–Trinajstić information content (AvgIpc) is 3.36. The van der Waals surface area contributed by atoms with Crippen molar-refractivity contribution in [3.63, 3.8) is 0 Å². The number of rotatable bonds is 7. The number of aliphatic imine (C=N–C) groups is 1. The molecule has 1 aliphatic rings. The van der Waals surface area contributed by atoms with Crippen LogP contribution in [0.3, 0.4) is 0 Å². The zero-order valence-electron chi connectivity index (χ0n) is 16.2. The minimum Gasteiger partial charge on any atom is -0.497 e. The smallest absolute Gasteiger partial charge is 0.223 e. The number of nitrogens with zero attached hydrogens (tertiary/aromatic N) is 4. The van der Waals surface area contributed by atoms with Gasteiger partial charge in [-0.05, 0) is 43.6 Å². The third-order valence-electron chi connectivity index (χ3n) is 4.73. The van der Waals surface area contributed by atoms with E-state index in [1.807, 2.05) is 12.1 Å². The van der Waals surface area contributed by atoms with Gasteiger partial charge in [-0.1, -0.05) is 17.3 Å². The van der Waals surface area contributed by atoms with E-state index >= 15 is 0 Å². The maximum absolute atomic E-state index is 5.41. The summed E-state index contributed by atoms with van der Waals surface area (Å²) in [6.07, 6.45) is 2.48. The highest BCUT2D eigenvalue weighted by Crippen LogP contribution is 2.27. The van der Waals surface area contributed by atoms with Crippen molar-refractivity contribution in [3.05, 3.63) is 41.5 Å². The van der Waals surface area contributed by atoms with Crippen molar-refractivity contribution in [2.45, 2.75) is 32.4 Å². The van der Waals surface area contributed by atoms with Gasteiger partial charge in [0, 0.05) is 20.5 Å². The Morgan fingerprint density at radius 3 is 2.81 bits per heavy atom. The van der Waals surface area contributed by atoms with Gasteiger partial charge in [0.15, 0.2) is 11.8 Å². The second-order valence-electron chi connectivity index (χ2n) is 6.57. The number of hydrogen-bond acceptors (Lipinski definition) is 6. The minimum absolute atomic E-state index is 0.258. The molecule has 1 atom stereocenters. The van der Waals surface area contributed by atoms with Gasteiger partial charge in [0.25, 0.3) is 0 Å². The fraction of sp³-hybridized carbons (Fsp3) is 0.526. The van der Waals surface area contributed by atoms with Crippen molar-refractivity contribution in [2.24, 2.45) is 4.99 Å². The second-order valence-corrected chi connectivity index (χ2v) is 6.57. The van der Waals surface area contributed by atoms with E-state index in [4.69, 9.17) is 9.26 Å². The van der Waals surface area contributed by atoms with Crippen molar-refractivity contribution in [1.29, 1.82) is 0 Å². The van der Waals surface area contributed by atoms with Crippen LogP contribution in [-0.2, 0) is 6.54 Å². The van der Waals surface area contributed by atoms with E-state index in [2.05, 4.69) is 42.8 Å². The summed E-state index contributed by atoms with van der Waals surface area (Å²) in [4.78, 5) is 11.0. The van der Waals surface area contributed by atoms with Crippen LogP contribution in [-0.4, -0.2) is 54.8 Å². The van der Waals surface area contributed by atoms with Gasteiger partial charge in [-0.15, -0.1) is 0 Å². The third-order valence-corrected chi connectivity index (χ3v) is 4.73. The normalized spacial score (nSPS) is 16.3. The molecule has 1 aromatic heterocycles. The van der Waals surface area contributed by atoms with Crippen molar-refractivity contribution in [3.8, 4) is 5.75 Å². The summed E-state index contributed by atoms with van der Waals surface area (Å²) in [6.45, 7) is 5.20. The monoisotopic (exact) mass is 372 g/mol. The lowest BCUT2D eigenvalue weighted by Gasteiger charge is -2.29. The molecule has 8 heteroatoms. The first-order valence-corrected chi connectivity index (χ1v) is 9.31. The van der Waals surface area contributed by atoms with Crippen LogP contribution in [0.4, 0.5) is 0 Å². The summed E-state index contributed by atoms with van der Waals surface area (Å²) in [6, 6.07) is 8.55. The fourth-order valence-corrected chi connectivity index (χ4v) is 3.35. The molecule has 1 aromatic carbocycles. The quantitative estimate of drug-likeness (QED) is 0.567. The molecule has 1 saturated heterocycles. The summed E-state index contributed by atoms with van der Waals surface area (Å²) in [7, 11) is 3.46. The predicted octanol–water partition coefficient (Wildman–Crippen LogP) is 1.89. The minimum atomic E-state index is 0.258. The van der Waals surface area contributed by atoms with E-state index in [1.165, 1.54) is 18.4 Å². The molecule has 1 aliphatic heterocycles. The van der Waals surface area contributed by atoms with Gasteiger partial charge in [0.05, 0.1) is 19.7 Å². The van der Waals surface area contributed by atoms with E-state index in [0.29, 0.717) is 24.2 Å². The highest BCUT2D eigenvalue weighted by atomic mass is 16.5. The lowest BCUT2D eigenvalue weighted by Crippen LogP contribution is -2.42. The van der Waals surface area contributed by atoms with Crippen LogP contribution >= 0.6 is 0 Å². The maximum atomic E-state index is 5.41. The van der Waals surface area contributed by atoms with E-state index in [-0.39, 0.29) is 6.04 Å². The lowest BCUT2D eigenvalue weighted by molar-refractivity contribution is 0.245. The van der Waals surface area contributed by atoms with E-state index in [0.717, 1.165) is 25.4 Å². The topological polar surface area (TPSA) is 87.8 Å². The molecule has 1 unspecified atom stereocenters. The van der Waals surface area contributed by atoms with Crippen molar-refractivity contribution < 1.29 is 9.26 Å². The Morgan fingerprint density at radius 1 is 1.33 bits per heavy atom. The first-order chi connectivity index (χ1) is 13.2. The molecule has 2 N–H and O–H groups in total. The molecule has 0 saturated carbocycles. The van der Waals surface area contributed by atoms with Crippen LogP contribution in [0.2, 0.25) is 0 Å². The molecule has 0 aliphatic carbocycles. The third kappa shape index (κ3) is 5.19. The molecule has 2 aromatic rings. The Hall–Kier alpha value is -2.61. The van der Waals surface area contributed by atoms with Crippen LogP contribution < -0.4 is 15.4 Å². The molecule has 0 spiro atoms. The van der Waals surface area contributed by atoms with Gasteiger partial charge in [-0.2, -0.15) is 4.98 Å². The standard InChI is InChI=1S/C19H28N6O2/c1-14-23-18(24-27-14)13-22-19(20-2)21-12-17(25-9-4-5-10-25)15-7-6-8-16(11-15)26-3/h6-8,11,17H,4-5,9-10,12-13H2,1-3H3,(H2,20,21,22). The second kappa shape index (κ2) is 9.36. The highest BCUT2D eigenvalue weighted by molar-refractivity contribution is 5.79. The molecular weight excluding hydrogens is 344 g/mol. The van der Waals surface area contributed by atoms with Crippen LogP contribution in [0, 0.1) is 6.92 Å². The molecule has 2 heterocycles. The Morgan fingerprint density at radius 2 is 2.15 bits per heavy atom. The van der Waals surface area contributed by atoms with Gasteiger partial charge in [0.2, 0.25) is 5.89 Å². The number of methoxy groups -OCH3 is 1. The van der Waals surface area contributed by atoms with E-state index < -0.39 is 0 Å².